The van der Waals surface area contributed by atoms with E-state index >= 15 is 0 Å². The number of carbonyl (C=O) groups excluding carboxylic acids is 2. The molecule has 3 N–H and O–H groups in total. The van der Waals surface area contributed by atoms with Crippen LogP contribution in [0.3, 0.4) is 0 Å². The minimum Gasteiger partial charge on any atom is -0.449 e. The van der Waals surface area contributed by atoms with Gasteiger partial charge in [0.1, 0.15) is 5.00 Å². The lowest BCUT2D eigenvalue weighted by molar-refractivity contribution is 0.100. The van der Waals surface area contributed by atoms with Crippen molar-refractivity contribution in [2.75, 3.05) is 11.9 Å². The number of aryl methyl sites for hydroxylation is 1. The average molecular weight is 268 g/mol. The molecule has 0 aromatic carbocycles. The Kier molecular flexibility index (Phi) is 3.86. The Bertz CT molecular complexity index is 482. The molecule has 0 fully saturated rings. The molecule has 0 spiro atoms. The summed E-state index contributed by atoms with van der Waals surface area (Å²) in [5, 5.41) is 3.13. The predicted molar refractivity (Wildman–Crippen MR) is 70.1 cm³/mol. The summed E-state index contributed by atoms with van der Waals surface area (Å²) in [4.78, 5) is 24.1. The lowest BCUT2D eigenvalue weighted by Crippen LogP contribution is -2.18. The van der Waals surface area contributed by atoms with Gasteiger partial charge in [-0.1, -0.05) is 6.92 Å². The van der Waals surface area contributed by atoms with Crippen LogP contribution in [0.15, 0.2) is 0 Å². The molecule has 1 aromatic rings. The topological polar surface area (TPSA) is 81.4 Å². The number of amides is 2. The third-order valence-corrected chi connectivity index (χ3v) is 4.03. The zero-order valence-electron chi connectivity index (χ0n) is 10.2. The van der Waals surface area contributed by atoms with Crippen LogP contribution in [0.2, 0.25) is 0 Å². The Hall–Kier alpha value is -1.56. The molecule has 0 radical (unpaired) electrons. The Morgan fingerprint density at radius 1 is 1.44 bits per heavy atom. The number of anilines is 1. The van der Waals surface area contributed by atoms with E-state index in [9.17, 15) is 9.59 Å². The van der Waals surface area contributed by atoms with E-state index in [4.69, 9.17) is 10.5 Å². The van der Waals surface area contributed by atoms with Crippen molar-refractivity contribution in [1.82, 2.24) is 0 Å². The second kappa shape index (κ2) is 5.39. The number of primary amides is 1. The highest BCUT2D eigenvalue weighted by Gasteiger charge is 2.26. The van der Waals surface area contributed by atoms with Crippen LogP contribution in [0.1, 0.15) is 40.6 Å². The van der Waals surface area contributed by atoms with Gasteiger partial charge in [-0.3, -0.25) is 10.1 Å². The van der Waals surface area contributed by atoms with Crippen molar-refractivity contribution in [3.05, 3.63) is 16.0 Å². The molecule has 6 heteroatoms. The highest BCUT2D eigenvalue weighted by Crippen LogP contribution is 2.38. The van der Waals surface area contributed by atoms with Gasteiger partial charge in [0.2, 0.25) is 0 Å². The Morgan fingerprint density at radius 2 is 2.22 bits per heavy atom. The number of thiophene rings is 1. The molecule has 98 valence electrons. The smallest absolute Gasteiger partial charge is 0.412 e. The Balaban J connectivity index is 2.18. The molecule has 0 bridgehead atoms. The summed E-state index contributed by atoms with van der Waals surface area (Å²) in [7, 11) is 0. The summed E-state index contributed by atoms with van der Waals surface area (Å²) in [6, 6.07) is 0. The molecular weight excluding hydrogens is 252 g/mol. The molecule has 0 aliphatic heterocycles. The third-order valence-electron chi connectivity index (χ3n) is 2.82. The number of hydrogen-bond acceptors (Lipinski definition) is 4. The van der Waals surface area contributed by atoms with E-state index in [0.717, 1.165) is 36.1 Å². The van der Waals surface area contributed by atoms with Gasteiger partial charge in [-0.2, -0.15) is 0 Å². The molecule has 18 heavy (non-hydrogen) atoms. The summed E-state index contributed by atoms with van der Waals surface area (Å²) in [6.45, 7) is 2.28. The van der Waals surface area contributed by atoms with E-state index in [1.54, 1.807) is 0 Å². The van der Waals surface area contributed by atoms with Crippen molar-refractivity contribution in [2.24, 2.45) is 5.73 Å². The van der Waals surface area contributed by atoms with E-state index < -0.39 is 12.0 Å². The summed E-state index contributed by atoms with van der Waals surface area (Å²) >= 11 is 1.43. The van der Waals surface area contributed by atoms with Gasteiger partial charge in [-0.25, -0.2) is 4.79 Å². The summed E-state index contributed by atoms with van der Waals surface area (Å²) in [6.07, 6.45) is 3.08. The number of carbonyl (C=O) groups is 2. The summed E-state index contributed by atoms with van der Waals surface area (Å²) in [5.41, 5.74) is 6.84. The van der Waals surface area contributed by atoms with Crippen molar-refractivity contribution in [3.8, 4) is 0 Å². The van der Waals surface area contributed by atoms with Gasteiger partial charge in [0.25, 0.3) is 5.91 Å². The van der Waals surface area contributed by atoms with Crippen molar-refractivity contribution >= 4 is 28.3 Å². The highest BCUT2D eigenvalue weighted by atomic mass is 32.1. The lowest BCUT2D eigenvalue weighted by atomic mass is 10.1. The predicted octanol–water partition coefficient (Wildman–Crippen LogP) is 2.29. The zero-order chi connectivity index (χ0) is 13.1. The maximum atomic E-state index is 11.5. The van der Waals surface area contributed by atoms with Crippen molar-refractivity contribution < 1.29 is 14.3 Å². The number of ether oxygens (including phenoxy) is 1. The van der Waals surface area contributed by atoms with Crippen LogP contribution < -0.4 is 11.1 Å². The van der Waals surface area contributed by atoms with Gasteiger partial charge in [0.05, 0.1) is 12.2 Å². The average Bonchev–Trinajstić information content (AvgIpc) is 2.85. The van der Waals surface area contributed by atoms with Crippen LogP contribution in [0, 0.1) is 0 Å². The number of rotatable bonds is 4. The van der Waals surface area contributed by atoms with Crippen molar-refractivity contribution in [2.45, 2.75) is 32.6 Å². The lowest BCUT2D eigenvalue weighted by Gasteiger charge is -2.06. The van der Waals surface area contributed by atoms with Crippen LogP contribution in [-0.4, -0.2) is 18.6 Å². The molecule has 0 atom stereocenters. The molecule has 1 heterocycles. The van der Waals surface area contributed by atoms with Crippen LogP contribution in [0.4, 0.5) is 9.80 Å². The van der Waals surface area contributed by atoms with Crippen molar-refractivity contribution in [3.63, 3.8) is 0 Å². The molecule has 0 saturated carbocycles. The fourth-order valence-corrected chi connectivity index (χ4v) is 3.36. The Morgan fingerprint density at radius 3 is 2.89 bits per heavy atom. The van der Waals surface area contributed by atoms with E-state index in [-0.39, 0.29) is 0 Å². The quantitative estimate of drug-likeness (QED) is 0.879. The fraction of sp³-hybridized carbons (Fsp3) is 0.500. The largest absolute Gasteiger partial charge is 0.449 e. The fourth-order valence-electron chi connectivity index (χ4n) is 2.08. The van der Waals surface area contributed by atoms with Crippen LogP contribution in [0.5, 0.6) is 0 Å². The first-order valence-electron chi connectivity index (χ1n) is 6.01. The van der Waals surface area contributed by atoms with Gasteiger partial charge < -0.3 is 10.5 Å². The van der Waals surface area contributed by atoms with Gasteiger partial charge in [-0.15, -0.1) is 11.3 Å². The first-order valence-corrected chi connectivity index (χ1v) is 6.83. The van der Waals surface area contributed by atoms with E-state index in [0.29, 0.717) is 17.2 Å². The second-order valence-electron chi connectivity index (χ2n) is 4.19. The number of nitrogens with two attached hydrogens (primary N) is 1. The van der Waals surface area contributed by atoms with E-state index in [1.807, 2.05) is 6.92 Å². The first kappa shape index (κ1) is 12.9. The third kappa shape index (κ3) is 2.48. The van der Waals surface area contributed by atoms with Crippen LogP contribution >= 0.6 is 11.3 Å². The standard InChI is InChI=1S/C12H16N2O3S/c1-2-6-17-12(16)14-11-9(10(13)15)7-4-3-5-8(7)18-11/h2-6H2,1H3,(H2,13,15)(H,14,16). The first-order chi connectivity index (χ1) is 8.63. The van der Waals surface area contributed by atoms with E-state index in [1.165, 1.54) is 11.3 Å². The molecule has 0 unspecified atom stereocenters. The molecule has 1 aliphatic carbocycles. The zero-order valence-corrected chi connectivity index (χ0v) is 11.1. The minimum absolute atomic E-state index is 0.364. The highest BCUT2D eigenvalue weighted by molar-refractivity contribution is 7.17. The monoisotopic (exact) mass is 268 g/mol. The minimum atomic E-state index is -0.528. The Labute approximate surface area is 109 Å². The van der Waals surface area contributed by atoms with Gasteiger partial charge in [0.15, 0.2) is 0 Å². The molecule has 2 amide bonds. The van der Waals surface area contributed by atoms with Crippen molar-refractivity contribution in [1.29, 1.82) is 0 Å². The number of hydrogen-bond donors (Lipinski definition) is 2. The molecule has 5 nitrogen and oxygen atoms in total. The molecule has 2 rings (SSSR count). The molecule has 1 aliphatic rings. The summed E-state index contributed by atoms with van der Waals surface area (Å²) in [5.74, 6) is -0.486. The maximum Gasteiger partial charge on any atom is 0.412 e. The van der Waals surface area contributed by atoms with Crippen LogP contribution in [0.25, 0.3) is 0 Å². The molecular formula is C12H16N2O3S. The second-order valence-corrected chi connectivity index (χ2v) is 5.29. The van der Waals surface area contributed by atoms with Crippen LogP contribution in [-0.2, 0) is 17.6 Å². The summed E-state index contributed by atoms with van der Waals surface area (Å²) < 4.78 is 4.94. The number of nitrogens with one attached hydrogen (secondary N) is 1. The van der Waals surface area contributed by atoms with Gasteiger partial charge in [0, 0.05) is 4.88 Å². The molecule has 0 saturated heterocycles. The number of fused-ring (bicyclic) bond motifs is 1. The van der Waals surface area contributed by atoms with Gasteiger partial charge >= 0.3 is 6.09 Å². The van der Waals surface area contributed by atoms with Gasteiger partial charge in [-0.05, 0) is 31.2 Å². The van der Waals surface area contributed by atoms with E-state index in [2.05, 4.69) is 5.32 Å². The SMILES string of the molecule is CCCOC(=O)Nc1sc2c(c1C(N)=O)CCC2. The maximum absolute atomic E-state index is 11.5. The molecule has 1 aromatic heterocycles. The normalized spacial score (nSPS) is 13.2.